The van der Waals surface area contributed by atoms with Crippen molar-refractivity contribution in [3.63, 3.8) is 0 Å². The molecule has 0 atom stereocenters. The highest BCUT2D eigenvalue weighted by molar-refractivity contribution is 6.18. The number of halogens is 2. The highest BCUT2D eigenvalue weighted by atomic mass is 35.5. The highest BCUT2D eigenvalue weighted by Gasteiger charge is 2.08. The second-order valence-corrected chi connectivity index (χ2v) is 3.12. The molecule has 0 aliphatic heterocycles. The average Bonchev–Trinajstić information content (AvgIpc) is 2.25. The van der Waals surface area contributed by atoms with E-state index in [-0.39, 0.29) is 5.56 Å². The third-order valence-corrected chi connectivity index (χ3v) is 1.93. The Kier molecular flexibility index (Phi) is 4.84. The van der Waals surface area contributed by atoms with Crippen LogP contribution < -0.4 is 5.32 Å². The molecule has 0 aromatic heterocycles. The zero-order valence-electron chi connectivity index (χ0n) is 8.04. The van der Waals surface area contributed by atoms with E-state index in [4.69, 9.17) is 11.6 Å². The number of carbonyl (C=O) groups is 1. The maximum atomic E-state index is 13.1. The van der Waals surface area contributed by atoms with Crippen LogP contribution in [0.1, 0.15) is 10.4 Å². The van der Waals surface area contributed by atoms with Gasteiger partial charge in [-0.3, -0.25) is 4.79 Å². The van der Waals surface area contributed by atoms with E-state index in [2.05, 4.69) is 5.32 Å². The van der Waals surface area contributed by atoms with Crippen LogP contribution in [-0.2, 0) is 0 Å². The van der Waals surface area contributed by atoms with Gasteiger partial charge >= 0.3 is 0 Å². The lowest BCUT2D eigenvalue weighted by atomic mass is 10.2. The van der Waals surface area contributed by atoms with E-state index in [9.17, 15) is 9.18 Å². The average molecular weight is 228 g/mol. The number of hydrogen-bond donors (Lipinski definition) is 1. The molecule has 0 radical (unpaired) electrons. The van der Waals surface area contributed by atoms with Crippen molar-refractivity contribution in [1.82, 2.24) is 5.32 Å². The Bertz CT molecular complexity index is 365. The van der Waals surface area contributed by atoms with Gasteiger partial charge in [0, 0.05) is 12.4 Å². The van der Waals surface area contributed by atoms with Crippen molar-refractivity contribution in [2.45, 2.75) is 0 Å². The van der Waals surface area contributed by atoms with Gasteiger partial charge in [0.15, 0.2) is 0 Å². The van der Waals surface area contributed by atoms with Crippen LogP contribution in [0.4, 0.5) is 4.39 Å². The predicted molar refractivity (Wildman–Crippen MR) is 58.6 cm³/mol. The molecule has 0 saturated carbocycles. The monoisotopic (exact) mass is 227 g/mol. The molecule has 0 aliphatic carbocycles. The molecule has 0 bridgehead atoms. The molecule has 1 aromatic rings. The fourth-order valence-corrected chi connectivity index (χ4v) is 1.16. The minimum absolute atomic E-state index is 0.0526. The minimum Gasteiger partial charge on any atom is -0.348 e. The zero-order valence-corrected chi connectivity index (χ0v) is 8.80. The first-order valence-electron chi connectivity index (χ1n) is 4.49. The van der Waals surface area contributed by atoms with Gasteiger partial charge < -0.3 is 5.32 Å². The molecule has 4 heteroatoms. The van der Waals surface area contributed by atoms with Gasteiger partial charge in [0.2, 0.25) is 0 Å². The summed E-state index contributed by atoms with van der Waals surface area (Å²) in [4.78, 5) is 11.4. The molecule has 0 saturated heterocycles. The standard InChI is InChI=1S/C11H11ClFNO/c12-7-3-4-8-14-11(15)9-5-1-2-6-10(9)13/h1-6H,7-8H2,(H,14,15)/b4-3+. The first kappa shape index (κ1) is 11.7. The number of alkyl halides is 1. The third kappa shape index (κ3) is 3.72. The first-order valence-corrected chi connectivity index (χ1v) is 5.03. The lowest BCUT2D eigenvalue weighted by Crippen LogP contribution is -2.24. The molecular weight excluding hydrogens is 217 g/mol. The zero-order chi connectivity index (χ0) is 11.1. The molecule has 1 N–H and O–H groups in total. The Morgan fingerprint density at radius 1 is 1.40 bits per heavy atom. The van der Waals surface area contributed by atoms with Crippen molar-refractivity contribution in [2.75, 3.05) is 12.4 Å². The molecule has 1 aromatic carbocycles. The Hall–Kier alpha value is -1.35. The molecular formula is C11H11ClFNO. The van der Waals surface area contributed by atoms with Gasteiger partial charge in [-0.25, -0.2) is 4.39 Å². The van der Waals surface area contributed by atoms with Gasteiger partial charge in [0.05, 0.1) is 5.56 Å². The molecule has 0 unspecified atom stereocenters. The quantitative estimate of drug-likeness (QED) is 0.621. The second kappa shape index (κ2) is 6.19. The van der Waals surface area contributed by atoms with E-state index in [0.717, 1.165) is 0 Å². The van der Waals surface area contributed by atoms with Gasteiger partial charge in [0.25, 0.3) is 5.91 Å². The topological polar surface area (TPSA) is 29.1 Å². The first-order chi connectivity index (χ1) is 7.25. The highest BCUT2D eigenvalue weighted by Crippen LogP contribution is 2.05. The summed E-state index contributed by atoms with van der Waals surface area (Å²) in [7, 11) is 0. The summed E-state index contributed by atoms with van der Waals surface area (Å²) in [5, 5.41) is 2.55. The van der Waals surface area contributed by atoms with Crippen LogP contribution >= 0.6 is 11.6 Å². The maximum Gasteiger partial charge on any atom is 0.254 e. The van der Waals surface area contributed by atoms with Crippen LogP contribution in [0.2, 0.25) is 0 Å². The maximum absolute atomic E-state index is 13.1. The summed E-state index contributed by atoms with van der Waals surface area (Å²) in [5.74, 6) is -0.543. The number of carbonyl (C=O) groups excluding carboxylic acids is 1. The summed E-state index contributed by atoms with van der Waals surface area (Å²) in [6, 6.07) is 5.85. The van der Waals surface area contributed by atoms with E-state index in [1.807, 2.05) is 0 Å². The van der Waals surface area contributed by atoms with Crippen LogP contribution in [-0.4, -0.2) is 18.3 Å². The molecule has 15 heavy (non-hydrogen) atoms. The molecule has 0 spiro atoms. The Morgan fingerprint density at radius 3 is 2.80 bits per heavy atom. The SMILES string of the molecule is O=C(NC/C=C/CCl)c1ccccc1F. The van der Waals surface area contributed by atoms with Crippen molar-refractivity contribution in [1.29, 1.82) is 0 Å². The fraction of sp³-hybridized carbons (Fsp3) is 0.182. The van der Waals surface area contributed by atoms with Crippen molar-refractivity contribution in [2.24, 2.45) is 0 Å². The summed E-state index contributed by atoms with van der Waals surface area (Å²) in [6.45, 7) is 0.347. The summed E-state index contributed by atoms with van der Waals surface area (Å²) >= 11 is 5.40. The number of allylic oxidation sites excluding steroid dienone is 1. The number of rotatable bonds is 4. The van der Waals surface area contributed by atoms with E-state index in [0.29, 0.717) is 12.4 Å². The summed E-state index contributed by atoms with van der Waals surface area (Å²) in [5.41, 5.74) is 0.0526. The number of nitrogens with one attached hydrogen (secondary N) is 1. The fourth-order valence-electron chi connectivity index (χ4n) is 1.04. The molecule has 0 fully saturated rings. The molecule has 1 amide bonds. The summed E-state index contributed by atoms with van der Waals surface area (Å²) < 4.78 is 13.1. The normalized spacial score (nSPS) is 10.5. The van der Waals surface area contributed by atoms with Crippen molar-refractivity contribution < 1.29 is 9.18 Å². The van der Waals surface area contributed by atoms with Crippen molar-refractivity contribution >= 4 is 17.5 Å². The largest absolute Gasteiger partial charge is 0.348 e. The Morgan fingerprint density at radius 2 is 2.13 bits per heavy atom. The van der Waals surface area contributed by atoms with Crippen molar-refractivity contribution in [3.05, 3.63) is 47.8 Å². The summed E-state index contributed by atoms with van der Waals surface area (Å²) in [6.07, 6.45) is 3.43. The van der Waals surface area contributed by atoms with E-state index in [1.54, 1.807) is 24.3 Å². The van der Waals surface area contributed by atoms with Gasteiger partial charge in [-0.2, -0.15) is 0 Å². The predicted octanol–water partition coefficient (Wildman–Crippen LogP) is 2.35. The number of hydrogen-bond acceptors (Lipinski definition) is 1. The van der Waals surface area contributed by atoms with Crippen molar-refractivity contribution in [3.8, 4) is 0 Å². The Balaban J connectivity index is 2.54. The molecule has 0 aliphatic rings. The van der Waals surface area contributed by atoms with Gasteiger partial charge in [-0.15, -0.1) is 11.6 Å². The number of benzene rings is 1. The number of amides is 1. The van der Waals surface area contributed by atoms with E-state index < -0.39 is 11.7 Å². The van der Waals surface area contributed by atoms with Crippen LogP contribution in [0.5, 0.6) is 0 Å². The molecule has 2 nitrogen and oxygen atoms in total. The van der Waals surface area contributed by atoms with Gasteiger partial charge in [0.1, 0.15) is 5.82 Å². The van der Waals surface area contributed by atoms with E-state index >= 15 is 0 Å². The van der Waals surface area contributed by atoms with Crippen LogP contribution in [0.15, 0.2) is 36.4 Å². The second-order valence-electron chi connectivity index (χ2n) is 2.82. The third-order valence-electron chi connectivity index (χ3n) is 1.75. The molecule has 1 rings (SSSR count). The molecule has 0 heterocycles. The lowest BCUT2D eigenvalue weighted by Gasteiger charge is -2.02. The molecule has 80 valence electrons. The Labute approximate surface area is 92.7 Å². The van der Waals surface area contributed by atoms with Gasteiger partial charge in [-0.1, -0.05) is 24.3 Å². The van der Waals surface area contributed by atoms with Crippen LogP contribution in [0, 0.1) is 5.82 Å². The smallest absolute Gasteiger partial charge is 0.254 e. The van der Waals surface area contributed by atoms with Crippen LogP contribution in [0.3, 0.4) is 0 Å². The lowest BCUT2D eigenvalue weighted by molar-refractivity contribution is 0.0954. The van der Waals surface area contributed by atoms with E-state index in [1.165, 1.54) is 12.1 Å². The van der Waals surface area contributed by atoms with Gasteiger partial charge in [-0.05, 0) is 12.1 Å². The van der Waals surface area contributed by atoms with Crippen LogP contribution in [0.25, 0.3) is 0 Å². The minimum atomic E-state index is -0.517.